The highest BCUT2D eigenvalue weighted by Gasteiger charge is 2.43. The second kappa shape index (κ2) is 3.52. The fourth-order valence-corrected chi connectivity index (χ4v) is 2.88. The first-order chi connectivity index (χ1) is 6.26. The van der Waals surface area contributed by atoms with Gasteiger partial charge < -0.3 is 4.90 Å². The molecule has 2 nitrogen and oxygen atoms in total. The molecule has 1 saturated heterocycles. The molecule has 0 aromatic heterocycles. The number of rotatable bonds is 2. The topological polar surface area (TPSA) is 20.3 Å². The summed E-state index contributed by atoms with van der Waals surface area (Å²) < 4.78 is 0. The first kappa shape index (κ1) is 9.38. The van der Waals surface area contributed by atoms with E-state index in [9.17, 15) is 4.79 Å². The van der Waals surface area contributed by atoms with Crippen molar-refractivity contribution in [3.05, 3.63) is 0 Å². The van der Waals surface area contributed by atoms with Gasteiger partial charge in [-0.15, -0.1) is 0 Å². The number of hydrogen-bond donors (Lipinski definition) is 0. The van der Waals surface area contributed by atoms with Crippen LogP contribution in [0.2, 0.25) is 0 Å². The molecule has 2 fully saturated rings. The van der Waals surface area contributed by atoms with E-state index in [1.807, 2.05) is 6.26 Å². The molecule has 0 aromatic carbocycles. The Morgan fingerprint density at radius 3 is 2.69 bits per heavy atom. The van der Waals surface area contributed by atoms with Crippen molar-refractivity contribution in [2.45, 2.75) is 25.7 Å². The van der Waals surface area contributed by atoms with Crippen LogP contribution in [0.1, 0.15) is 25.7 Å². The molecule has 0 N–H and O–H groups in total. The van der Waals surface area contributed by atoms with Crippen molar-refractivity contribution >= 4 is 17.7 Å². The smallest absolute Gasteiger partial charge is 0.232 e. The van der Waals surface area contributed by atoms with Crippen LogP contribution < -0.4 is 0 Å². The van der Waals surface area contributed by atoms with Gasteiger partial charge >= 0.3 is 0 Å². The largest absolute Gasteiger partial charge is 0.341 e. The van der Waals surface area contributed by atoms with Crippen LogP contribution in [0, 0.1) is 5.41 Å². The van der Waals surface area contributed by atoms with Crippen LogP contribution >= 0.6 is 11.8 Å². The summed E-state index contributed by atoms with van der Waals surface area (Å²) >= 11 is 1.63. The predicted molar refractivity (Wildman–Crippen MR) is 55.9 cm³/mol. The van der Waals surface area contributed by atoms with E-state index in [2.05, 4.69) is 4.90 Å². The van der Waals surface area contributed by atoms with Gasteiger partial charge in [-0.3, -0.25) is 4.79 Å². The summed E-state index contributed by atoms with van der Waals surface area (Å²) in [6.45, 7) is 2.06. The van der Waals surface area contributed by atoms with Gasteiger partial charge in [0.05, 0.1) is 5.75 Å². The third kappa shape index (κ3) is 1.71. The number of carbonyl (C=O) groups is 1. The zero-order valence-electron chi connectivity index (χ0n) is 8.21. The van der Waals surface area contributed by atoms with E-state index >= 15 is 0 Å². The maximum Gasteiger partial charge on any atom is 0.232 e. The Balaban J connectivity index is 1.87. The number of likely N-dealkylation sites (tertiary alicyclic amines) is 1. The lowest BCUT2D eigenvalue weighted by Gasteiger charge is -2.37. The maximum atomic E-state index is 11.6. The van der Waals surface area contributed by atoms with Gasteiger partial charge in [0.1, 0.15) is 0 Å². The molecule has 1 saturated carbocycles. The van der Waals surface area contributed by atoms with Crippen LogP contribution in [0.3, 0.4) is 0 Å². The Morgan fingerprint density at radius 2 is 2.23 bits per heavy atom. The Hall–Kier alpha value is -0.180. The molecule has 1 aliphatic heterocycles. The molecule has 74 valence electrons. The van der Waals surface area contributed by atoms with Crippen molar-refractivity contribution in [1.29, 1.82) is 0 Å². The van der Waals surface area contributed by atoms with E-state index in [-0.39, 0.29) is 0 Å². The molecule has 1 aliphatic carbocycles. The summed E-state index contributed by atoms with van der Waals surface area (Å²) in [6.07, 6.45) is 7.34. The van der Waals surface area contributed by atoms with Gasteiger partial charge in [-0.25, -0.2) is 0 Å². The van der Waals surface area contributed by atoms with Crippen LogP contribution in [0.5, 0.6) is 0 Å². The number of nitrogens with zero attached hydrogens (tertiary/aromatic N) is 1. The van der Waals surface area contributed by atoms with Gasteiger partial charge in [-0.1, -0.05) is 6.42 Å². The van der Waals surface area contributed by atoms with E-state index in [1.165, 1.54) is 25.7 Å². The summed E-state index contributed by atoms with van der Waals surface area (Å²) in [5, 5.41) is 0. The van der Waals surface area contributed by atoms with Gasteiger partial charge in [0.2, 0.25) is 5.91 Å². The van der Waals surface area contributed by atoms with E-state index in [0.717, 1.165) is 13.1 Å². The van der Waals surface area contributed by atoms with Gasteiger partial charge in [-0.2, -0.15) is 11.8 Å². The Bertz CT molecular complexity index is 213. The molecule has 0 aromatic rings. The Kier molecular flexibility index (Phi) is 2.54. The van der Waals surface area contributed by atoms with Crippen molar-refractivity contribution in [3.63, 3.8) is 0 Å². The molecule has 1 heterocycles. The molecule has 3 heteroatoms. The molecule has 2 aliphatic rings. The van der Waals surface area contributed by atoms with E-state index in [1.54, 1.807) is 11.8 Å². The zero-order valence-corrected chi connectivity index (χ0v) is 9.03. The molecule has 1 amide bonds. The van der Waals surface area contributed by atoms with Gasteiger partial charge in [0.15, 0.2) is 0 Å². The van der Waals surface area contributed by atoms with Gasteiger partial charge in [-0.05, 0) is 30.9 Å². The quantitative estimate of drug-likeness (QED) is 0.675. The minimum Gasteiger partial charge on any atom is -0.341 e. The van der Waals surface area contributed by atoms with Gasteiger partial charge in [0.25, 0.3) is 0 Å². The van der Waals surface area contributed by atoms with Crippen LogP contribution in [-0.2, 0) is 4.79 Å². The molecule has 0 radical (unpaired) electrons. The second-order valence-corrected chi connectivity index (χ2v) is 5.22. The lowest BCUT2D eigenvalue weighted by atomic mass is 9.68. The number of amides is 1. The molecular weight excluding hydrogens is 182 g/mol. The van der Waals surface area contributed by atoms with Gasteiger partial charge in [0, 0.05) is 13.1 Å². The first-order valence-electron chi connectivity index (χ1n) is 5.02. The van der Waals surface area contributed by atoms with Crippen molar-refractivity contribution < 1.29 is 4.79 Å². The number of hydrogen-bond acceptors (Lipinski definition) is 2. The molecular formula is C10H17NOS. The molecule has 0 atom stereocenters. The average molecular weight is 199 g/mol. The summed E-state index contributed by atoms with van der Waals surface area (Å²) in [5.41, 5.74) is 0.564. The zero-order chi connectivity index (χ0) is 9.31. The summed E-state index contributed by atoms with van der Waals surface area (Å²) in [5.74, 6) is 1.01. The normalized spacial score (nSPS) is 24.8. The monoisotopic (exact) mass is 199 g/mol. The lowest BCUT2D eigenvalue weighted by molar-refractivity contribution is -0.128. The van der Waals surface area contributed by atoms with Crippen LogP contribution in [0.4, 0.5) is 0 Å². The first-order valence-corrected chi connectivity index (χ1v) is 6.42. The standard InChI is InChI=1S/C10H17NOS/c1-13-7-9(12)11-6-5-10(8-11)3-2-4-10/h2-8H2,1H3. The number of thioether (sulfide) groups is 1. The minimum atomic E-state index is 0.344. The highest BCUT2D eigenvalue weighted by atomic mass is 32.2. The third-order valence-electron chi connectivity index (χ3n) is 3.47. The molecule has 0 bridgehead atoms. The minimum absolute atomic E-state index is 0.344. The van der Waals surface area contributed by atoms with E-state index in [0.29, 0.717) is 17.1 Å². The Labute approximate surface area is 84.1 Å². The van der Waals surface area contributed by atoms with Crippen LogP contribution in [0.15, 0.2) is 0 Å². The van der Waals surface area contributed by atoms with Crippen molar-refractivity contribution in [3.8, 4) is 0 Å². The SMILES string of the molecule is CSCC(=O)N1CCC2(CCC2)C1. The van der Waals surface area contributed by atoms with Crippen molar-refractivity contribution in [2.75, 3.05) is 25.1 Å². The third-order valence-corrected chi connectivity index (χ3v) is 4.01. The van der Waals surface area contributed by atoms with Crippen molar-refractivity contribution in [2.24, 2.45) is 5.41 Å². The molecule has 1 spiro atoms. The van der Waals surface area contributed by atoms with E-state index in [4.69, 9.17) is 0 Å². The van der Waals surface area contributed by atoms with Crippen LogP contribution in [0.25, 0.3) is 0 Å². The van der Waals surface area contributed by atoms with E-state index < -0.39 is 0 Å². The maximum absolute atomic E-state index is 11.6. The number of carbonyl (C=O) groups excluding carboxylic acids is 1. The second-order valence-electron chi connectivity index (χ2n) is 4.35. The Morgan fingerprint density at radius 1 is 1.46 bits per heavy atom. The fraction of sp³-hybridized carbons (Fsp3) is 0.900. The average Bonchev–Trinajstić information content (AvgIpc) is 2.47. The summed E-state index contributed by atoms with van der Waals surface area (Å²) in [4.78, 5) is 13.6. The molecule has 13 heavy (non-hydrogen) atoms. The summed E-state index contributed by atoms with van der Waals surface area (Å²) in [6, 6.07) is 0. The predicted octanol–water partition coefficient (Wildman–Crippen LogP) is 1.75. The molecule has 0 unspecified atom stereocenters. The fourth-order valence-electron chi connectivity index (χ4n) is 2.45. The summed E-state index contributed by atoms with van der Waals surface area (Å²) in [7, 11) is 0. The van der Waals surface area contributed by atoms with Crippen LogP contribution in [-0.4, -0.2) is 35.9 Å². The highest BCUT2D eigenvalue weighted by molar-refractivity contribution is 7.99. The highest BCUT2D eigenvalue weighted by Crippen LogP contribution is 2.47. The molecule has 2 rings (SSSR count). The van der Waals surface area contributed by atoms with Crippen molar-refractivity contribution in [1.82, 2.24) is 4.90 Å². The lowest BCUT2D eigenvalue weighted by Crippen LogP contribution is -2.36.